The summed E-state index contributed by atoms with van der Waals surface area (Å²) in [7, 11) is 1.29. The smallest absolute Gasteiger partial charge is 0.363 e. The van der Waals surface area contributed by atoms with E-state index in [1.165, 1.54) is 18.4 Å². The lowest BCUT2D eigenvalue weighted by Crippen LogP contribution is -2.14. The number of halogens is 1. The van der Waals surface area contributed by atoms with Crippen LogP contribution in [0.25, 0.3) is 6.08 Å². The van der Waals surface area contributed by atoms with Crippen LogP contribution in [0.1, 0.15) is 17.4 Å². The molecule has 0 bridgehead atoms. The molecule has 3 rings (SSSR count). The van der Waals surface area contributed by atoms with E-state index in [0.717, 1.165) is 4.88 Å². The predicted molar refractivity (Wildman–Crippen MR) is 113 cm³/mol. The molecule has 0 N–H and O–H groups in total. The lowest BCUT2D eigenvalue weighted by molar-refractivity contribution is -0.143. The molecule has 9 heteroatoms. The molecule has 1 aliphatic heterocycles. The summed E-state index contributed by atoms with van der Waals surface area (Å²) >= 11 is 3.52. The Kier molecular flexibility index (Phi) is 6.68. The Hall–Kier alpha value is -2.40. The number of nitrogens with zero attached hydrogens (tertiary/aromatic N) is 1. The number of hydrogen-bond acceptors (Lipinski definition) is 8. The Labute approximate surface area is 179 Å². The molecule has 0 fully saturated rings. The summed E-state index contributed by atoms with van der Waals surface area (Å²) in [4.78, 5) is 28.6. The third kappa shape index (κ3) is 4.71. The molecular formula is C19H16INO6S. The molecule has 0 spiro atoms. The van der Waals surface area contributed by atoms with Gasteiger partial charge in [-0.2, -0.15) is 0 Å². The summed E-state index contributed by atoms with van der Waals surface area (Å²) in [6.45, 7) is 2.02. The summed E-state index contributed by atoms with van der Waals surface area (Å²) in [6.07, 6.45) is 1.62. The van der Waals surface area contributed by atoms with Crippen LogP contribution >= 0.6 is 33.9 Å². The van der Waals surface area contributed by atoms with Crippen LogP contribution in [0.15, 0.2) is 40.3 Å². The van der Waals surface area contributed by atoms with Crippen LogP contribution in [0.2, 0.25) is 0 Å². The third-order valence-corrected chi connectivity index (χ3v) is 5.21. The molecule has 1 aliphatic rings. The highest BCUT2D eigenvalue weighted by atomic mass is 127. The van der Waals surface area contributed by atoms with Crippen molar-refractivity contribution < 1.29 is 28.5 Å². The predicted octanol–water partition coefficient (Wildman–Crippen LogP) is 3.65. The van der Waals surface area contributed by atoms with E-state index in [-0.39, 0.29) is 12.3 Å². The van der Waals surface area contributed by atoms with Crippen molar-refractivity contribution in [1.29, 1.82) is 0 Å². The summed E-state index contributed by atoms with van der Waals surface area (Å²) in [6, 6.07) is 7.22. The molecule has 2 aromatic rings. The number of methoxy groups -OCH3 is 1. The molecule has 2 heterocycles. The first-order chi connectivity index (χ1) is 13.5. The van der Waals surface area contributed by atoms with Gasteiger partial charge in [0.1, 0.15) is 0 Å². The number of cyclic esters (lactones) is 1. The highest BCUT2D eigenvalue weighted by Crippen LogP contribution is 2.35. The Balaban J connectivity index is 1.91. The first-order valence-corrected chi connectivity index (χ1v) is 10.2. The maximum Gasteiger partial charge on any atom is 0.363 e. The second kappa shape index (κ2) is 9.20. The van der Waals surface area contributed by atoms with E-state index in [1.54, 1.807) is 18.2 Å². The van der Waals surface area contributed by atoms with Gasteiger partial charge in [-0.1, -0.05) is 6.07 Å². The largest absolute Gasteiger partial charge is 0.490 e. The molecule has 0 unspecified atom stereocenters. The fraction of sp³-hybridized carbons (Fsp3) is 0.211. The lowest BCUT2D eigenvalue weighted by atomic mass is 10.1. The quantitative estimate of drug-likeness (QED) is 0.320. The van der Waals surface area contributed by atoms with Crippen LogP contribution in [0.3, 0.4) is 0 Å². The van der Waals surface area contributed by atoms with Crippen LogP contribution in [-0.2, 0) is 19.1 Å². The minimum absolute atomic E-state index is 0.199. The molecule has 0 saturated heterocycles. The summed E-state index contributed by atoms with van der Waals surface area (Å²) in [5.74, 6) is 0.186. The summed E-state index contributed by atoms with van der Waals surface area (Å²) in [5, 5.41) is 1.89. The standard InChI is InChI=1S/C19H16INO6S/c1-3-25-14-9-11(7-12(20)17(14)26-10-16(22)24-2)8-13-19(23)27-18(21-13)15-5-4-6-28-15/h4-9H,3,10H2,1-2H3. The van der Waals surface area contributed by atoms with Crippen LogP contribution < -0.4 is 9.47 Å². The first-order valence-electron chi connectivity index (χ1n) is 8.24. The molecule has 7 nitrogen and oxygen atoms in total. The van der Waals surface area contributed by atoms with E-state index in [4.69, 9.17) is 14.2 Å². The summed E-state index contributed by atoms with van der Waals surface area (Å²) in [5.41, 5.74) is 0.895. The van der Waals surface area contributed by atoms with E-state index in [1.807, 2.05) is 24.4 Å². The van der Waals surface area contributed by atoms with Crippen molar-refractivity contribution in [2.24, 2.45) is 4.99 Å². The zero-order valence-corrected chi connectivity index (χ0v) is 18.0. The van der Waals surface area contributed by atoms with Gasteiger partial charge >= 0.3 is 11.9 Å². The second-order valence-corrected chi connectivity index (χ2v) is 7.55. The number of esters is 2. The second-order valence-electron chi connectivity index (χ2n) is 5.44. The van der Waals surface area contributed by atoms with Gasteiger partial charge in [-0.25, -0.2) is 14.6 Å². The van der Waals surface area contributed by atoms with Crippen molar-refractivity contribution in [3.05, 3.63) is 49.4 Å². The van der Waals surface area contributed by atoms with E-state index < -0.39 is 11.9 Å². The topological polar surface area (TPSA) is 83.4 Å². The molecule has 1 aromatic heterocycles. The number of aliphatic imine (C=N–C) groups is 1. The van der Waals surface area contributed by atoms with Gasteiger partial charge < -0.3 is 18.9 Å². The van der Waals surface area contributed by atoms with Crippen molar-refractivity contribution >= 4 is 57.8 Å². The lowest BCUT2D eigenvalue weighted by Gasteiger charge is -2.14. The monoisotopic (exact) mass is 513 g/mol. The molecule has 28 heavy (non-hydrogen) atoms. The number of rotatable bonds is 7. The van der Waals surface area contributed by atoms with Gasteiger partial charge in [0.2, 0.25) is 5.90 Å². The number of benzene rings is 1. The van der Waals surface area contributed by atoms with Crippen molar-refractivity contribution in [1.82, 2.24) is 0 Å². The van der Waals surface area contributed by atoms with E-state index >= 15 is 0 Å². The van der Waals surface area contributed by atoms with Crippen molar-refractivity contribution in [3.63, 3.8) is 0 Å². The van der Waals surface area contributed by atoms with E-state index in [2.05, 4.69) is 32.3 Å². The Morgan fingerprint density at radius 3 is 2.86 bits per heavy atom. The molecule has 0 saturated carbocycles. The highest BCUT2D eigenvalue weighted by molar-refractivity contribution is 14.1. The third-order valence-electron chi connectivity index (χ3n) is 3.55. The molecule has 0 aliphatic carbocycles. The van der Waals surface area contributed by atoms with Gasteiger partial charge in [0.15, 0.2) is 23.8 Å². The zero-order chi connectivity index (χ0) is 20.1. The minimum atomic E-state index is -0.512. The molecule has 0 atom stereocenters. The molecule has 1 aromatic carbocycles. The summed E-state index contributed by atoms with van der Waals surface area (Å²) < 4.78 is 21.7. The Bertz CT molecular complexity index is 952. The van der Waals surface area contributed by atoms with Gasteiger partial charge in [0, 0.05) is 0 Å². The van der Waals surface area contributed by atoms with Gasteiger partial charge in [-0.15, -0.1) is 11.3 Å². The average Bonchev–Trinajstić information content (AvgIpc) is 3.31. The number of ether oxygens (including phenoxy) is 4. The van der Waals surface area contributed by atoms with Gasteiger partial charge in [-0.3, -0.25) is 0 Å². The Morgan fingerprint density at radius 2 is 2.18 bits per heavy atom. The van der Waals surface area contributed by atoms with E-state index in [0.29, 0.717) is 33.1 Å². The number of hydrogen-bond donors (Lipinski definition) is 0. The zero-order valence-electron chi connectivity index (χ0n) is 15.1. The minimum Gasteiger partial charge on any atom is -0.490 e. The van der Waals surface area contributed by atoms with Crippen LogP contribution in [0.5, 0.6) is 11.5 Å². The SMILES string of the molecule is CCOc1cc(C=C2N=C(c3cccs3)OC2=O)cc(I)c1OCC(=O)OC. The van der Waals surface area contributed by atoms with Crippen molar-refractivity contribution in [2.45, 2.75) is 6.92 Å². The van der Waals surface area contributed by atoms with Crippen LogP contribution in [0, 0.1) is 3.57 Å². The number of carbonyl (C=O) groups is 2. The molecule has 0 amide bonds. The van der Waals surface area contributed by atoms with Gasteiger partial charge in [0.25, 0.3) is 0 Å². The Morgan fingerprint density at radius 1 is 1.36 bits per heavy atom. The van der Waals surface area contributed by atoms with Gasteiger partial charge in [-0.05, 0) is 64.7 Å². The number of carbonyl (C=O) groups excluding carboxylic acids is 2. The highest BCUT2D eigenvalue weighted by Gasteiger charge is 2.25. The molecule has 0 radical (unpaired) electrons. The molecule has 146 valence electrons. The van der Waals surface area contributed by atoms with Crippen molar-refractivity contribution in [2.75, 3.05) is 20.3 Å². The fourth-order valence-corrected chi connectivity index (χ4v) is 3.77. The first kappa shape index (κ1) is 20.3. The maximum atomic E-state index is 12.1. The number of thiophene rings is 1. The van der Waals surface area contributed by atoms with Gasteiger partial charge in [0.05, 0.1) is 22.2 Å². The van der Waals surface area contributed by atoms with Crippen molar-refractivity contribution in [3.8, 4) is 11.5 Å². The normalized spacial score (nSPS) is 14.6. The average molecular weight is 513 g/mol. The maximum absolute atomic E-state index is 12.1. The van der Waals surface area contributed by atoms with Crippen LogP contribution in [0.4, 0.5) is 0 Å². The fourth-order valence-electron chi connectivity index (χ4n) is 2.34. The van der Waals surface area contributed by atoms with E-state index in [9.17, 15) is 9.59 Å². The molecular weight excluding hydrogens is 497 g/mol. The van der Waals surface area contributed by atoms with Crippen LogP contribution in [-0.4, -0.2) is 38.2 Å².